The topological polar surface area (TPSA) is 61.7 Å². The fraction of sp³-hybridized carbons (Fsp3) is 0.500. The Balaban J connectivity index is 1.32. The van der Waals surface area contributed by atoms with Gasteiger partial charge in [-0.25, -0.2) is 4.79 Å². The Bertz CT molecular complexity index is 914. The van der Waals surface area contributed by atoms with E-state index in [1.165, 1.54) is 22.1 Å². The van der Waals surface area contributed by atoms with Gasteiger partial charge in [0.15, 0.2) is 0 Å². The molecule has 0 radical (unpaired) electrons. The minimum Gasteiger partial charge on any atom is -0.322 e. The molecule has 0 bridgehead atoms. The van der Waals surface area contributed by atoms with E-state index in [2.05, 4.69) is 29.2 Å². The van der Waals surface area contributed by atoms with Gasteiger partial charge in [0.25, 0.3) is 0 Å². The molecule has 160 valence electrons. The first-order valence-corrected chi connectivity index (χ1v) is 10.7. The molecule has 30 heavy (non-hydrogen) atoms. The first-order valence-electron chi connectivity index (χ1n) is 10.3. The molecule has 0 spiro atoms. The van der Waals surface area contributed by atoms with Gasteiger partial charge in [0, 0.05) is 44.7 Å². The average Bonchev–Trinajstić information content (AvgIpc) is 3.43. The highest BCUT2D eigenvalue weighted by molar-refractivity contribution is 6.30. The highest BCUT2D eigenvalue weighted by Crippen LogP contribution is 2.40. The predicted molar refractivity (Wildman–Crippen MR) is 117 cm³/mol. The molecule has 0 unspecified atom stereocenters. The Kier molecular flexibility index (Phi) is 5.84. The number of rotatable bonds is 4. The Morgan fingerprint density at radius 3 is 2.37 bits per heavy atom. The van der Waals surface area contributed by atoms with Gasteiger partial charge < -0.3 is 9.80 Å². The van der Waals surface area contributed by atoms with Gasteiger partial charge in [0.2, 0.25) is 5.91 Å². The van der Waals surface area contributed by atoms with Gasteiger partial charge in [0.05, 0.1) is 18.1 Å². The summed E-state index contributed by atoms with van der Waals surface area (Å²) in [5.41, 5.74) is 1.89. The minimum atomic E-state index is -0.112. The minimum absolute atomic E-state index is 0.0912. The number of aromatic nitrogens is 2. The number of hydrogen-bond acceptors (Lipinski definition) is 4. The van der Waals surface area contributed by atoms with Gasteiger partial charge in [-0.2, -0.15) is 9.78 Å². The number of carbonyl (C=O) groups excluding carboxylic acids is 2. The number of fused-ring (bicyclic) bond motifs is 1. The van der Waals surface area contributed by atoms with Crippen molar-refractivity contribution < 1.29 is 9.59 Å². The lowest BCUT2D eigenvalue weighted by Crippen LogP contribution is -2.36. The molecule has 3 atom stereocenters. The predicted octanol–water partition coefficient (Wildman–Crippen LogP) is 3.33. The van der Waals surface area contributed by atoms with Crippen LogP contribution in [0.2, 0.25) is 5.02 Å². The summed E-state index contributed by atoms with van der Waals surface area (Å²) in [5.74, 6) is 0.967. The summed E-state index contributed by atoms with van der Waals surface area (Å²) >= 11 is 5.98. The van der Waals surface area contributed by atoms with E-state index in [0.29, 0.717) is 23.6 Å². The van der Waals surface area contributed by atoms with E-state index in [0.717, 1.165) is 37.5 Å². The molecule has 1 aliphatic heterocycles. The van der Waals surface area contributed by atoms with Crippen LogP contribution >= 0.6 is 11.6 Å². The lowest BCUT2D eigenvalue weighted by atomic mass is 10.0. The summed E-state index contributed by atoms with van der Waals surface area (Å²) in [5, 5.41) is 4.93. The maximum absolute atomic E-state index is 12.9. The highest BCUT2D eigenvalue weighted by Gasteiger charge is 2.43. The molecule has 2 amide bonds. The second-order valence-electron chi connectivity index (χ2n) is 8.60. The molecule has 1 saturated heterocycles. The van der Waals surface area contributed by atoms with Crippen LogP contribution in [0.15, 0.2) is 36.7 Å². The summed E-state index contributed by atoms with van der Waals surface area (Å²) in [4.78, 5) is 30.2. The molecule has 2 aliphatic rings. The van der Waals surface area contributed by atoms with Gasteiger partial charge in [-0.1, -0.05) is 23.7 Å². The standard InChI is InChI=1S/C22H28ClN5O2/c1-15(29)26(3)21-10-24-28(14-21)22(30)27-12-17-8-20(9-18(17)13-27)25(2)11-16-4-6-19(23)7-5-16/h4-7,10,14,17-18,20H,8-9,11-13H2,1-3H3/t17-,18+,20-. The van der Waals surface area contributed by atoms with E-state index in [1.54, 1.807) is 19.4 Å². The van der Waals surface area contributed by atoms with Crippen molar-refractivity contribution >= 4 is 29.2 Å². The van der Waals surface area contributed by atoms with Crippen LogP contribution in [-0.2, 0) is 11.3 Å². The zero-order valence-corrected chi connectivity index (χ0v) is 18.4. The van der Waals surface area contributed by atoms with E-state index in [1.807, 2.05) is 17.0 Å². The number of carbonyl (C=O) groups is 2. The first-order chi connectivity index (χ1) is 14.3. The van der Waals surface area contributed by atoms with Gasteiger partial charge in [-0.15, -0.1) is 0 Å². The van der Waals surface area contributed by atoms with Crippen molar-refractivity contribution in [1.29, 1.82) is 0 Å². The molecular weight excluding hydrogens is 402 g/mol. The Morgan fingerprint density at radius 2 is 1.77 bits per heavy atom. The van der Waals surface area contributed by atoms with Crippen LogP contribution < -0.4 is 4.90 Å². The summed E-state index contributed by atoms with van der Waals surface area (Å²) in [7, 11) is 3.86. The molecule has 1 aromatic carbocycles. The number of likely N-dealkylation sites (tertiary alicyclic amines) is 1. The van der Waals surface area contributed by atoms with Crippen molar-refractivity contribution in [3.05, 3.63) is 47.2 Å². The van der Waals surface area contributed by atoms with E-state index >= 15 is 0 Å². The fourth-order valence-electron chi connectivity index (χ4n) is 4.71. The second-order valence-corrected chi connectivity index (χ2v) is 9.03. The second kappa shape index (κ2) is 8.40. The average molecular weight is 430 g/mol. The third kappa shape index (κ3) is 4.23. The van der Waals surface area contributed by atoms with Crippen LogP contribution in [0.25, 0.3) is 0 Å². The van der Waals surface area contributed by atoms with Gasteiger partial charge >= 0.3 is 6.03 Å². The van der Waals surface area contributed by atoms with Crippen LogP contribution in [0, 0.1) is 11.8 Å². The van der Waals surface area contributed by atoms with Crippen molar-refractivity contribution in [1.82, 2.24) is 19.6 Å². The monoisotopic (exact) mass is 429 g/mol. The summed E-state index contributed by atoms with van der Waals surface area (Å²) in [6.07, 6.45) is 5.39. The summed E-state index contributed by atoms with van der Waals surface area (Å²) < 4.78 is 1.35. The number of benzene rings is 1. The van der Waals surface area contributed by atoms with E-state index < -0.39 is 0 Å². The number of nitrogens with zero attached hydrogens (tertiary/aromatic N) is 5. The van der Waals surface area contributed by atoms with Crippen molar-refractivity contribution in [3.63, 3.8) is 0 Å². The number of hydrogen-bond donors (Lipinski definition) is 0. The molecule has 7 nitrogen and oxygen atoms in total. The number of anilines is 1. The highest BCUT2D eigenvalue weighted by atomic mass is 35.5. The molecule has 4 rings (SSSR count). The molecule has 1 aromatic heterocycles. The quantitative estimate of drug-likeness (QED) is 0.747. The van der Waals surface area contributed by atoms with Gasteiger partial charge in [0.1, 0.15) is 0 Å². The maximum Gasteiger partial charge on any atom is 0.344 e. The largest absolute Gasteiger partial charge is 0.344 e. The van der Waals surface area contributed by atoms with Crippen LogP contribution in [0.1, 0.15) is 25.3 Å². The van der Waals surface area contributed by atoms with Crippen molar-refractivity contribution in [2.75, 3.05) is 32.1 Å². The smallest absolute Gasteiger partial charge is 0.322 e. The molecule has 2 fully saturated rings. The van der Waals surface area contributed by atoms with Crippen LogP contribution in [0.5, 0.6) is 0 Å². The molecule has 0 N–H and O–H groups in total. The SMILES string of the molecule is CC(=O)N(C)c1cnn(C(=O)N2C[C@H]3C[C@@H](N(C)Cc4ccc(Cl)cc4)C[C@H]3C2)c1. The Labute approximate surface area is 182 Å². The molecule has 2 aromatic rings. The van der Waals surface area contributed by atoms with Gasteiger partial charge in [-0.3, -0.25) is 9.69 Å². The molecule has 8 heteroatoms. The summed E-state index contributed by atoms with van der Waals surface area (Å²) in [6.45, 7) is 3.93. The van der Waals surface area contributed by atoms with Crippen LogP contribution in [0.4, 0.5) is 10.5 Å². The van der Waals surface area contributed by atoms with Crippen LogP contribution in [-0.4, -0.2) is 64.7 Å². The molecule has 2 heterocycles. The zero-order valence-electron chi connectivity index (χ0n) is 17.7. The fourth-order valence-corrected chi connectivity index (χ4v) is 4.83. The van der Waals surface area contributed by atoms with Crippen molar-refractivity contribution in [2.45, 2.75) is 32.4 Å². The molecular formula is C22H28ClN5O2. The zero-order chi connectivity index (χ0) is 21.4. The van der Waals surface area contributed by atoms with Crippen LogP contribution in [0.3, 0.4) is 0 Å². The lowest BCUT2D eigenvalue weighted by molar-refractivity contribution is -0.116. The summed E-state index contributed by atoms with van der Waals surface area (Å²) in [6, 6.07) is 8.46. The number of amides is 2. The third-order valence-electron chi connectivity index (χ3n) is 6.59. The normalized spacial score (nSPS) is 23.1. The van der Waals surface area contributed by atoms with E-state index in [4.69, 9.17) is 11.6 Å². The van der Waals surface area contributed by atoms with Crippen molar-refractivity contribution in [2.24, 2.45) is 11.8 Å². The number of halogens is 1. The Hall–Kier alpha value is -2.38. The third-order valence-corrected chi connectivity index (χ3v) is 6.84. The molecule has 1 saturated carbocycles. The lowest BCUT2D eigenvalue weighted by Gasteiger charge is -2.26. The molecule has 1 aliphatic carbocycles. The first kappa shape index (κ1) is 20.9. The van der Waals surface area contributed by atoms with Crippen molar-refractivity contribution in [3.8, 4) is 0 Å². The van der Waals surface area contributed by atoms with E-state index in [-0.39, 0.29) is 11.9 Å². The van der Waals surface area contributed by atoms with E-state index in [9.17, 15) is 9.59 Å². The van der Waals surface area contributed by atoms with Gasteiger partial charge in [-0.05, 0) is 49.4 Å². The maximum atomic E-state index is 12.9. The Morgan fingerprint density at radius 1 is 1.13 bits per heavy atom.